The Morgan fingerprint density at radius 2 is 2.21 bits per heavy atom. The molecule has 0 aromatic carbocycles. The lowest BCUT2D eigenvalue weighted by Gasteiger charge is -1.95. The van der Waals surface area contributed by atoms with Crippen molar-refractivity contribution in [2.75, 3.05) is 7.11 Å². The van der Waals surface area contributed by atoms with E-state index >= 15 is 0 Å². The number of hydrogen-bond acceptors (Lipinski definition) is 4. The van der Waals surface area contributed by atoms with Crippen molar-refractivity contribution < 1.29 is 4.74 Å². The zero-order chi connectivity index (χ0) is 9.97. The quantitative estimate of drug-likeness (QED) is 0.777. The number of nitrogens with zero attached hydrogens (tertiary/aromatic N) is 2. The third-order valence-corrected chi connectivity index (χ3v) is 2.97. The summed E-state index contributed by atoms with van der Waals surface area (Å²) in [7, 11) is 1.63. The maximum Gasteiger partial charge on any atom is 0.214 e. The first-order valence-corrected chi connectivity index (χ1v) is 5.45. The third-order valence-electron chi connectivity index (χ3n) is 1.95. The Hall–Kier alpha value is -1.16. The van der Waals surface area contributed by atoms with Crippen molar-refractivity contribution in [2.45, 2.75) is 19.8 Å². The first-order valence-electron chi connectivity index (χ1n) is 4.64. The molecule has 0 aliphatic carbocycles. The van der Waals surface area contributed by atoms with Gasteiger partial charge in [0, 0.05) is 6.07 Å². The molecular weight excluding hydrogens is 196 g/mol. The van der Waals surface area contributed by atoms with Crippen LogP contribution in [0.25, 0.3) is 10.3 Å². The average Bonchev–Trinajstić information content (AvgIpc) is 2.59. The van der Waals surface area contributed by atoms with Crippen LogP contribution in [-0.4, -0.2) is 17.1 Å². The fourth-order valence-electron chi connectivity index (χ4n) is 1.28. The maximum absolute atomic E-state index is 5.06. The summed E-state index contributed by atoms with van der Waals surface area (Å²) in [5.74, 6) is 0.657. The van der Waals surface area contributed by atoms with Crippen molar-refractivity contribution in [3.63, 3.8) is 0 Å². The van der Waals surface area contributed by atoms with Crippen LogP contribution in [0.1, 0.15) is 18.4 Å². The molecule has 0 saturated heterocycles. The zero-order valence-electron chi connectivity index (χ0n) is 8.28. The Labute approximate surface area is 86.8 Å². The highest BCUT2D eigenvalue weighted by atomic mass is 32.1. The molecule has 0 fully saturated rings. The standard InChI is InChI=1S/C10H12N2OS/c1-3-4-9-11-7-5-6-8(13-2)12-10(7)14-9/h5-6H,3-4H2,1-2H3. The van der Waals surface area contributed by atoms with Gasteiger partial charge in [0.05, 0.1) is 12.1 Å². The summed E-state index contributed by atoms with van der Waals surface area (Å²) in [5, 5.41) is 1.16. The van der Waals surface area contributed by atoms with Crippen molar-refractivity contribution >= 4 is 21.7 Å². The minimum Gasteiger partial charge on any atom is -0.481 e. The number of rotatable bonds is 3. The molecule has 2 heterocycles. The van der Waals surface area contributed by atoms with Crippen LogP contribution in [0.2, 0.25) is 0 Å². The molecule has 74 valence electrons. The van der Waals surface area contributed by atoms with E-state index < -0.39 is 0 Å². The summed E-state index contributed by atoms with van der Waals surface area (Å²) in [6.45, 7) is 2.15. The van der Waals surface area contributed by atoms with Crippen LogP contribution in [0.5, 0.6) is 5.88 Å². The Morgan fingerprint density at radius 3 is 2.93 bits per heavy atom. The molecule has 0 amide bonds. The molecule has 0 saturated carbocycles. The number of pyridine rings is 1. The van der Waals surface area contributed by atoms with Crippen LogP contribution in [0.15, 0.2) is 12.1 Å². The van der Waals surface area contributed by atoms with Gasteiger partial charge in [0.2, 0.25) is 5.88 Å². The molecule has 3 nitrogen and oxygen atoms in total. The Balaban J connectivity index is 2.43. The second kappa shape index (κ2) is 3.92. The summed E-state index contributed by atoms with van der Waals surface area (Å²) in [4.78, 5) is 9.77. The largest absolute Gasteiger partial charge is 0.481 e. The fourth-order valence-corrected chi connectivity index (χ4v) is 2.31. The molecule has 14 heavy (non-hydrogen) atoms. The van der Waals surface area contributed by atoms with E-state index in [0.29, 0.717) is 5.88 Å². The molecule has 0 N–H and O–H groups in total. The third kappa shape index (κ3) is 1.70. The number of methoxy groups -OCH3 is 1. The van der Waals surface area contributed by atoms with Crippen LogP contribution >= 0.6 is 11.3 Å². The molecule has 4 heteroatoms. The lowest BCUT2D eigenvalue weighted by Crippen LogP contribution is -1.85. The lowest BCUT2D eigenvalue weighted by molar-refractivity contribution is 0.400. The molecule has 0 radical (unpaired) electrons. The van der Waals surface area contributed by atoms with Gasteiger partial charge < -0.3 is 4.74 Å². The first-order chi connectivity index (χ1) is 6.83. The minimum atomic E-state index is 0.657. The molecule has 2 rings (SSSR count). The van der Waals surface area contributed by atoms with E-state index in [0.717, 1.165) is 28.2 Å². The Morgan fingerprint density at radius 1 is 1.36 bits per heavy atom. The summed E-state index contributed by atoms with van der Waals surface area (Å²) in [5.41, 5.74) is 0.972. The van der Waals surface area contributed by atoms with Gasteiger partial charge in [-0.05, 0) is 18.9 Å². The Kier molecular flexibility index (Phi) is 2.63. The second-order valence-corrected chi connectivity index (χ2v) is 4.10. The van der Waals surface area contributed by atoms with E-state index in [4.69, 9.17) is 4.74 Å². The number of ether oxygens (including phenoxy) is 1. The highest BCUT2D eigenvalue weighted by molar-refractivity contribution is 7.18. The van der Waals surface area contributed by atoms with Crippen LogP contribution in [0.3, 0.4) is 0 Å². The summed E-state index contributed by atoms with van der Waals surface area (Å²) in [6.07, 6.45) is 2.15. The van der Waals surface area contributed by atoms with Gasteiger partial charge in [-0.1, -0.05) is 18.3 Å². The van der Waals surface area contributed by atoms with Gasteiger partial charge in [0.1, 0.15) is 10.3 Å². The van der Waals surface area contributed by atoms with Gasteiger partial charge in [-0.15, -0.1) is 0 Å². The van der Waals surface area contributed by atoms with E-state index in [1.807, 2.05) is 12.1 Å². The van der Waals surface area contributed by atoms with Crippen LogP contribution in [-0.2, 0) is 6.42 Å². The summed E-state index contributed by atoms with van der Waals surface area (Å²) in [6, 6.07) is 3.80. The van der Waals surface area contributed by atoms with E-state index in [-0.39, 0.29) is 0 Å². The van der Waals surface area contributed by atoms with E-state index in [1.165, 1.54) is 0 Å². The topological polar surface area (TPSA) is 35.0 Å². The molecule has 0 atom stereocenters. The molecular formula is C10H12N2OS. The van der Waals surface area contributed by atoms with Gasteiger partial charge in [0.25, 0.3) is 0 Å². The highest BCUT2D eigenvalue weighted by Crippen LogP contribution is 2.23. The zero-order valence-corrected chi connectivity index (χ0v) is 9.10. The number of aromatic nitrogens is 2. The SMILES string of the molecule is CCCc1nc2ccc(OC)nc2s1. The monoisotopic (exact) mass is 208 g/mol. The van der Waals surface area contributed by atoms with Crippen molar-refractivity contribution in [1.29, 1.82) is 0 Å². The van der Waals surface area contributed by atoms with Gasteiger partial charge >= 0.3 is 0 Å². The fraction of sp³-hybridized carbons (Fsp3) is 0.400. The molecule has 0 spiro atoms. The minimum absolute atomic E-state index is 0.657. The van der Waals surface area contributed by atoms with Crippen LogP contribution < -0.4 is 4.74 Å². The predicted molar refractivity (Wildman–Crippen MR) is 58.0 cm³/mol. The molecule has 0 aliphatic heterocycles. The average molecular weight is 208 g/mol. The second-order valence-electron chi connectivity index (χ2n) is 3.04. The van der Waals surface area contributed by atoms with Crippen molar-refractivity contribution in [2.24, 2.45) is 0 Å². The predicted octanol–water partition coefficient (Wildman–Crippen LogP) is 2.65. The number of thiazole rings is 1. The number of aryl methyl sites for hydroxylation is 1. The van der Waals surface area contributed by atoms with E-state index in [9.17, 15) is 0 Å². The number of hydrogen-bond donors (Lipinski definition) is 0. The smallest absolute Gasteiger partial charge is 0.214 e. The van der Waals surface area contributed by atoms with Crippen molar-refractivity contribution in [1.82, 2.24) is 9.97 Å². The van der Waals surface area contributed by atoms with E-state index in [1.54, 1.807) is 18.4 Å². The highest BCUT2D eigenvalue weighted by Gasteiger charge is 2.05. The molecule has 2 aromatic heterocycles. The van der Waals surface area contributed by atoms with Crippen LogP contribution in [0.4, 0.5) is 0 Å². The molecule has 2 aromatic rings. The van der Waals surface area contributed by atoms with Gasteiger partial charge in [-0.25, -0.2) is 9.97 Å². The molecule has 0 aliphatic rings. The molecule has 0 bridgehead atoms. The van der Waals surface area contributed by atoms with Gasteiger partial charge in [-0.3, -0.25) is 0 Å². The summed E-state index contributed by atoms with van der Waals surface area (Å²) >= 11 is 1.65. The Bertz CT molecular complexity index is 439. The number of fused-ring (bicyclic) bond motifs is 1. The van der Waals surface area contributed by atoms with Gasteiger partial charge in [0.15, 0.2) is 0 Å². The molecule has 0 unspecified atom stereocenters. The van der Waals surface area contributed by atoms with Crippen molar-refractivity contribution in [3.8, 4) is 5.88 Å². The normalized spacial score (nSPS) is 10.7. The lowest BCUT2D eigenvalue weighted by atomic mass is 10.3. The van der Waals surface area contributed by atoms with E-state index in [2.05, 4.69) is 16.9 Å². The van der Waals surface area contributed by atoms with Crippen molar-refractivity contribution in [3.05, 3.63) is 17.1 Å². The maximum atomic E-state index is 5.06. The van der Waals surface area contributed by atoms with Gasteiger partial charge in [-0.2, -0.15) is 0 Å². The van der Waals surface area contributed by atoms with Crippen LogP contribution in [0, 0.1) is 0 Å². The first kappa shape index (κ1) is 9.40. The summed E-state index contributed by atoms with van der Waals surface area (Å²) < 4.78 is 5.06.